The van der Waals surface area contributed by atoms with Crippen LogP contribution in [0.4, 0.5) is 17.1 Å². The van der Waals surface area contributed by atoms with Crippen LogP contribution in [-0.4, -0.2) is 24.9 Å². The van der Waals surface area contributed by atoms with E-state index in [1.54, 1.807) is 43.3 Å². The predicted octanol–water partition coefficient (Wildman–Crippen LogP) is 3.22. The Balaban J connectivity index is 2.28. The molecule has 0 atom stereocenters. The molecule has 0 saturated heterocycles. The molecule has 0 unspecified atom stereocenters. The van der Waals surface area contributed by atoms with Gasteiger partial charge < -0.3 is 10.2 Å². The van der Waals surface area contributed by atoms with Crippen molar-refractivity contribution in [3.63, 3.8) is 0 Å². The molecule has 1 N–H and O–H groups in total. The number of carbonyl (C=O) groups excluding carboxylic acids is 1. The molecule has 1 amide bonds. The molecule has 0 aliphatic carbocycles. The van der Waals surface area contributed by atoms with Gasteiger partial charge in [-0.3, -0.25) is 14.9 Å². The Morgan fingerprint density at radius 3 is 2.32 bits per heavy atom. The van der Waals surface area contributed by atoms with Crippen LogP contribution in [0, 0.1) is 17.0 Å². The van der Waals surface area contributed by atoms with Crippen molar-refractivity contribution in [1.82, 2.24) is 0 Å². The van der Waals surface area contributed by atoms with Crippen LogP contribution >= 0.6 is 0 Å². The Kier molecular flexibility index (Phi) is 4.41. The fourth-order valence-electron chi connectivity index (χ4n) is 2.03. The molecule has 0 aliphatic rings. The van der Waals surface area contributed by atoms with E-state index in [9.17, 15) is 14.9 Å². The van der Waals surface area contributed by atoms with Crippen molar-refractivity contribution in [1.29, 1.82) is 0 Å². The van der Waals surface area contributed by atoms with E-state index in [4.69, 9.17) is 0 Å². The SMILES string of the molecule is Cc1ccc(NC(=O)c2ccc(N(C)C)c([N+](=O)[O-])c2)cc1. The van der Waals surface area contributed by atoms with Crippen molar-refractivity contribution >= 4 is 23.0 Å². The van der Waals surface area contributed by atoms with Crippen molar-refractivity contribution in [2.24, 2.45) is 0 Å². The van der Waals surface area contributed by atoms with Gasteiger partial charge in [0.1, 0.15) is 5.69 Å². The highest BCUT2D eigenvalue weighted by atomic mass is 16.6. The number of carbonyl (C=O) groups is 1. The van der Waals surface area contributed by atoms with E-state index in [-0.39, 0.29) is 17.2 Å². The third-order valence-corrected chi connectivity index (χ3v) is 3.23. The minimum absolute atomic E-state index is 0.0958. The van der Waals surface area contributed by atoms with E-state index >= 15 is 0 Å². The summed E-state index contributed by atoms with van der Waals surface area (Å²) in [5.74, 6) is -0.378. The first-order valence-corrected chi connectivity index (χ1v) is 6.72. The van der Waals surface area contributed by atoms with Crippen molar-refractivity contribution in [3.8, 4) is 0 Å². The van der Waals surface area contributed by atoms with Gasteiger partial charge in [0.15, 0.2) is 0 Å². The number of anilines is 2. The van der Waals surface area contributed by atoms with Gasteiger partial charge in [-0.2, -0.15) is 0 Å². The van der Waals surface area contributed by atoms with Crippen LogP contribution in [-0.2, 0) is 0 Å². The number of nitrogens with one attached hydrogen (secondary N) is 1. The summed E-state index contributed by atoms with van der Waals surface area (Å²) < 4.78 is 0. The number of hydrogen-bond donors (Lipinski definition) is 1. The Morgan fingerprint density at radius 2 is 1.77 bits per heavy atom. The number of aryl methyl sites for hydroxylation is 1. The maximum absolute atomic E-state index is 12.2. The van der Waals surface area contributed by atoms with Gasteiger partial charge in [-0.1, -0.05) is 17.7 Å². The molecular weight excluding hydrogens is 282 g/mol. The second-order valence-corrected chi connectivity index (χ2v) is 5.18. The Bertz CT molecular complexity index is 709. The number of benzene rings is 2. The second kappa shape index (κ2) is 6.26. The molecule has 0 heterocycles. The molecule has 6 nitrogen and oxygen atoms in total. The Morgan fingerprint density at radius 1 is 1.14 bits per heavy atom. The van der Waals surface area contributed by atoms with Gasteiger partial charge in [0, 0.05) is 31.4 Å². The smallest absolute Gasteiger partial charge is 0.293 e. The summed E-state index contributed by atoms with van der Waals surface area (Å²) in [6.07, 6.45) is 0. The topological polar surface area (TPSA) is 75.5 Å². The molecule has 0 aromatic heterocycles. The number of nitro benzene ring substituents is 1. The van der Waals surface area contributed by atoms with E-state index < -0.39 is 4.92 Å². The highest BCUT2D eigenvalue weighted by molar-refractivity contribution is 6.05. The van der Waals surface area contributed by atoms with Crippen molar-refractivity contribution in [2.45, 2.75) is 6.92 Å². The number of nitro groups is 1. The van der Waals surface area contributed by atoms with Crippen LogP contribution < -0.4 is 10.2 Å². The van der Waals surface area contributed by atoms with Gasteiger partial charge in [0.05, 0.1) is 4.92 Å². The molecule has 22 heavy (non-hydrogen) atoms. The molecule has 0 radical (unpaired) electrons. The fraction of sp³-hybridized carbons (Fsp3) is 0.188. The van der Waals surface area contributed by atoms with Gasteiger partial charge in [0.25, 0.3) is 11.6 Å². The highest BCUT2D eigenvalue weighted by Crippen LogP contribution is 2.28. The van der Waals surface area contributed by atoms with Crippen LogP contribution in [0.1, 0.15) is 15.9 Å². The van der Waals surface area contributed by atoms with Crippen LogP contribution in [0.3, 0.4) is 0 Å². The fourth-order valence-corrected chi connectivity index (χ4v) is 2.03. The Hall–Kier alpha value is -2.89. The van der Waals surface area contributed by atoms with Crippen molar-refractivity contribution < 1.29 is 9.72 Å². The lowest BCUT2D eigenvalue weighted by Crippen LogP contribution is -2.15. The summed E-state index contributed by atoms with van der Waals surface area (Å²) in [6, 6.07) is 11.8. The van der Waals surface area contributed by atoms with E-state index in [1.807, 2.05) is 19.1 Å². The van der Waals surface area contributed by atoms with Gasteiger partial charge >= 0.3 is 0 Å². The van der Waals surface area contributed by atoms with Crippen LogP contribution in [0.25, 0.3) is 0 Å². The number of nitrogens with zero attached hydrogens (tertiary/aromatic N) is 2. The summed E-state index contributed by atoms with van der Waals surface area (Å²) in [7, 11) is 3.43. The lowest BCUT2D eigenvalue weighted by atomic mass is 10.1. The van der Waals surface area contributed by atoms with Gasteiger partial charge in [0.2, 0.25) is 0 Å². The summed E-state index contributed by atoms with van der Waals surface area (Å²) in [5.41, 5.74) is 2.34. The molecular formula is C16H17N3O3. The zero-order chi connectivity index (χ0) is 16.3. The first-order chi connectivity index (χ1) is 10.4. The predicted molar refractivity (Wildman–Crippen MR) is 86.6 cm³/mol. The second-order valence-electron chi connectivity index (χ2n) is 5.18. The minimum atomic E-state index is -0.488. The number of amides is 1. The summed E-state index contributed by atoms with van der Waals surface area (Å²) >= 11 is 0. The van der Waals surface area contributed by atoms with Gasteiger partial charge in [-0.05, 0) is 31.2 Å². The Labute approximate surface area is 128 Å². The lowest BCUT2D eigenvalue weighted by molar-refractivity contribution is -0.384. The quantitative estimate of drug-likeness (QED) is 0.694. The molecule has 2 aromatic rings. The maximum Gasteiger partial charge on any atom is 0.293 e. The molecule has 2 aromatic carbocycles. The number of hydrogen-bond acceptors (Lipinski definition) is 4. The zero-order valence-corrected chi connectivity index (χ0v) is 12.7. The average molecular weight is 299 g/mol. The monoisotopic (exact) mass is 299 g/mol. The van der Waals surface area contributed by atoms with Crippen LogP contribution in [0.15, 0.2) is 42.5 Å². The summed E-state index contributed by atoms with van der Waals surface area (Å²) in [6.45, 7) is 1.95. The average Bonchev–Trinajstić information content (AvgIpc) is 2.48. The van der Waals surface area contributed by atoms with E-state index in [0.29, 0.717) is 11.4 Å². The normalized spacial score (nSPS) is 10.1. The minimum Gasteiger partial charge on any atom is -0.372 e. The highest BCUT2D eigenvalue weighted by Gasteiger charge is 2.18. The molecule has 0 saturated carbocycles. The molecule has 0 aliphatic heterocycles. The summed E-state index contributed by atoms with van der Waals surface area (Å²) in [5, 5.41) is 13.9. The van der Waals surface area contributed by atoms with Crippen molar-refractivity contribution in [2.75, 3.05) is 24.3 Å². The zero-order valence-electron chi connectivity index (χ0n) is 12.7. The first kappa shape index (κ1) is 15.5. The lowest BCUT2D eigenvalue weighted by Gasteiger charge is -2.13. The largest absolute Gasteiger partial charge is 0.372 e. The van der Waals surface area contributed by atoms with E-state index in [2.05, 4.69) is 5.32 Å². The summed E-state index contributed by atoms with van der Waals surface area (Å²) in [4.78, 5) is 24.5. The standard InChI is InChI=1S/C16H17N3O3/c1-11-4-7-13(8-5-11)17-16(20)12-6-9-14(18(2)3)15(10-12)19(21)22/h4-10H,1-3H3,(H,17,20). The van der Waals surface area contributed by atoms with Gasteiger partial charge in [-0.15, -0.1) is 0 Å². The third kappa shape index (κ3) is 3.41. The molecule has 2 rings (SSSR count). The molecule has 0 bridgehead atoms. The molecule has 114 valence electrons. The van der Waals surface area contributed by atoms with Crippen LogP contribution in [0.5, 0.6) is 0 Å². The van der Waals surface area contributed by atoms with E-state index in [1.165, 1.54) is 6.07 Å². The van der Waals surface area contributed by atoms with E-state index in [0.717, 1.165) is 5.56 Å². The third-order valence-electron chi connectivity index (χ3n) is 3.23. The molecule has 0 spiro atoms. The van der Waals surface area contributed by atoms with Crippen molar-refractivity contribution in [3.05, 3.63) is 63.7 Å². The van der Waals surface area contributed by atoms with Gasteiger partial charge in [-0.25, -0.2) is 0 Å². The van der Waals surface area contributed by atoms with Crippen LogP contribution in [0.2, 0.25) is 0 Å². The maximum atomic E-state index is 12.2. The molecule has 0 fully saturated rings. The number of rotatable bonds is 4. The molecule has 6 heteroatoms. The first-order valence-electron chi connectivity index (χ1n) is 6.72.